The van der Waals surface area contributed by atoms with E-state index in [4.69, 9.17) is 4.98 Å². The van der Waals surface area contributed by atoms with E-state index in [-0.39, 0.29) is 11.7 Å². The van der Waals surface area contributed by atoms with Crippen LogP contribution < -0.4 is 5.32 Å². The highest BCUT2D eigenvalue weighted by molar-refractivity contribution is 7.99. The fraction of sp³-hybridized carbons (Fsp3) is 0.0968. The Labute approximate surface area is 216 Å². The van der Waals surface area contributed by atoms with Gasteiger partial charge < -0.3 is 5.32 Å². The zero-order valence-electron chi connectivity index (χ0n) is 20.3. The van der Waals surface area contributed by atoms with Gasteiger partial charge in [-0.25, -0.2) is 4.98 Å². The highest BCUT2D eigenvalue weighted by Crippen LogP contribution is 2.38. The summed E-state index contributed by atoms with van der Waals surface area (Å²) < 4.78 is 2.16. The zero-order chi connectivity index (χ0) is 24.9. The molecule has 0 saturated carbocycles. The third-order valence-corrected chi connectivity index (χ3v) is 6.88. The van der Waals surface area contributed by atoms with Crippen LogP contribution in [0.15, 0.2) is 114 Å². The van der Waals surface area contributed by atoms with Crippen LogP contribution in [0.25, 0.3) is 28.2 Å². The van der Waals surface area contributed by atoms with Crippen LogP contribution in [0.5, 0.6) is 0 Å². The molecule has 1 N–H and O–H groups in total. The van der Waals surface area contributed by atoms with Crippen molar-refractivity contribution < 1.29 is 4.79 Å². The minimum atomic E-state index is -0.0583. The van der Waals surface area contributed by atoms with Crippen LogP contribution in [0, 0.1) is 13.8 Å². The molecule has 0 spiro atoms. The van der Waals surface area contributed by atoms with Crippen LogP contribution >= 0.6 is 11.8 Å². The summed E-state index contributed by atoms with van der Waals surface area (Å²) in [5, 5.41) is 3.83. The molecule has 0 fully saturated rings. The molecule has 36 heavy (non-hydrogen) atoms. The van der Waals surface area contributed by atoms with Crippen LogP contribution in [0.1, 0.15) is 11.1 Å². The molecule has 5 rings (SSSR count). The average Bonchev–Trinajstić information content (AvgIpc) is 3.30. The number of carbonyl (C=O) groups excluding carboxylic acids is 1. The minimum absolute atomic E-state index is 0.0583. The summed E-state index contributed by atoms with van der Waals surface area (Å²) in [4.78, 5) is 18.0. The molecule has 0 aliphatic rings. The van der Waals surface area contributed by atoms with Crippen molar-refractivity contribution in [3.8, 4) is 28.2 Å². The summed E-state index contributed by atoms with van der Waals surface area (Å²) in [6, 6.07) is 36.7. The molecule has 1 amide bonds. The lowest BCUT2D eigenvalue weighted by molar-refractivity contribution is -0.113. The maximum atomic E-state index is 12.9. The third kappa shape index (κ3) is 5.11. The molecule has 5 aromatic rings. The summed E-state index contributed by atoms with van der Waals surface area (Å²) >= 11 is 1.44. The smallest absolute Gasteiger partial charge is 0.234 e. The number of hydrogen-bond donors (Lipinski definition) is 1. The summed E-state index contributed by atoms with van der Waals surface area (Å²) in [6.07, 6.45) is 0. The van der Waals surface area contributed by atoms with Gasteiger partial charge in [-0.05, 0) is 37.6 Å². The van der Waals surface area contributed by atoms with E-state index in [2.05, 4.69) is 52.3 Å². The molecule has 0 radical (unpaired) electrons. The number of amides is 1. The van der Waals surface area contributed by atoms with Gasteiger partial charge in [0.15, 0.2) is 5.16 Å². The van der Waals surface area contributed by atoms with E-state index in [1.807, 2.05) is 80.6 Å². The van der Waals surface area contributed by atoms with Gasteiger partial charge in [0.1, 0.15) is 0 Å². The van der Waals surface area contributed by atoms with E-state index in [0.29, 0.717) is 0 Å². The predicted molar refractivity (Wildman–Crippen MR) is 150 cm³/mol. The van der Waals surface area contributed by atoms with Crippen molar-refractivity contribution in [1.82, 2.24) is 9.55 Å². The van der Waals surface area contributed by atoms with E-state index in [1.165, 1.54) is 17.3 Å². The summed E-state index contributed by atoms with van der Waals surface area (Å²) in [6.45, 7) is 4.06. The van der Waals surface area contributed by atoms with Crippen LogP contribution in [0.2, 0.25) is 0 Å². The van der Waals surface area contributed by atoms with Crippen molar-refractivity contribution >= 4 is 23.4 Å². The Hall–Kier alpha value is -4.09. The molecule has 0 aliphatic carbocycles. The van der Waals surface area contributed by atoms with Gasteiger partial charge in [0.25, 0.3) is 0 Å². The quantitative estimate of drug-likeness (QED) is 0.240. The Kier molecular flexibility index (Phi) is 7.01. The first-order valence-corrected chi connectivity index (χ1v) is 12.9. The molecular formula is C31H27N3OS. The Morgan fingerprint density at radius 2 is 1.42 bits per heavy atom. The molecule has 0 saturated heterocycles. The Bertz CT molecular complexity index is 1480. The van der Waals surface area contributed by atoms with Gasteiger partial charge in [-0.1, -0.05) is 108 Å². The maximum absolute atomic E-state index is 12.9. The monoisotopic (exact) mass is 489 g/mol. The van der Waals surface area contributed by atoms with E-state index in [1.54, 1.807) is 0 Å². The minimum Gasteiger partial charge on any atom is -0.325 e. The second-order valence-electron chi connectivity index (χ2n) is 8.65. The van der Waals surface area contributed by atoms with Crippen LogP contribution in [-0.2, 0) is 4.79 Å². The van der Waals surface area contributed by atoms with Crippen LogP contribution in [0.3, 0.4) is 0 Å². The maximum Gasteiger partial charge on any atom is 0.234 e. The Balaban J connectivity index is 1.55. The fourth-order valence-corrected chi connectivity index (χ4v) is 5.06. The molecule has 0 bridgehead atoms. The number of aryl methyl sites for hydroxylation is 2. The van der Waals surface area contributed by atoms with Gasteiger partial charge >= 0.3 is 0 Å². The lowest BCUT2D eigenvalue weighted by Gasteiger charge is -2.13. The first kappa shape index (κ1) is 23.6. The van der Waals surface area contributed by atoms with Crippen molar-refractivity contribution in [1.29, 1.82) is 0 Å². The second kappa shape index (κ2) is 10.7. The molecule has 4 nitrogen and oxygen atoms in total. The van der Waals surface area contributed by atoms with E-state index < -0.39 is 0 Å². The topological polar surface area (TPSA) is 46.9 Å². The van der Waals surface area contributed by atoms with Crippen molar-refractivity contribution in [3.05, 3.63) is 120 Å². The highest BCUT2D eigenvalue weighted by Gasteiger charge is 2.22. The predicted octanol–water partition coefficient (Wildman–Crippen LogP) is 7.55. The van der Waals surface area contributed by atoms with Gasteiger partial charge in [-0.15, -0.1) is 0 Å². The lowest BCUT2D eigenvalue weighted by atomic mass is 10.0. The number of nitrogens with zero attached hydrogens (tertiary/aromatic N) is 2. The Morgan fingerprint density at radius 3 is 2.06 bits per heavy atom. The molecule has 1 heterocycles. The molecule has 5 heteroatoms. The van der Waals surface area contributed by atoms with Gasteiger partial charge in [0, 0.05) is 22.5 Å². The lowest BCUT2D eigenvalue weighted by Crippen LogP contribution is -2.15. The molecule has 178 valence electrons. The van der Waals surface area contributed by atoms with Crippen molar-refractivity contribution in [3.63, 3.8) is 0 Å². The molecule has 0 atom stereocenters. The van der Waals surface area contributed by atoms with Gasteiger partial charge in [0.2, 0.25) is 5.91 Å². The SMILES string of the molecule is Cc1ccc(NC(=O)CSc2nc(-c3ccccc3)c(-c3ccccc3)n2-c2ccccc2)c(C)c1. The fourth-order valence-electron chi connectivity index (χ4n) is 4.24. The van der Waals surface area contributed by atoms with E-state index >= 15 is 0 Å². The number of benzene rings is 4. The van der Waals surface area contributed by atoms with Gasteiger partial charge in [0.05, 0.1) is 17.1 Å². The number of carbonyl (C=O) groups is 1. The molecule has 0 unspecified atom stereocenters. The number of hydrogen-bond acceptors (Lipinski definition) is 3. The van der Waals surface area contributed by atoms with Crippen molar-refractivity contribution in [2.24, 2.45) is 0 Å². The number of thioether (sulfide) groups is 1. The summed E-state index contributed by atoms with van der Waals surface area (Å²) in [7, 11) is 0. The number of nitrogens with one attached hydrogen (secondary N) is 1. The van der Waals surface area contributed by atoms with Crippen LogP contribution in [0.4, 0.5) is 5.69 Å². The van der Waals surface area contributed by atoms with Crippen molar-refractivity contribution in [2.45, 2.75) is 19.0 Å². The molecular weight excluding hydrogens is 462 g/mol. The first-order chi connectivity index (χ1) is 17.6. The first-order valence-electron chi connectivity index (χ1n) is 11.9. The zero-order valence-corrected chi connectivity index (χ0v) is 21.1. The number of imidazole rings is 1. The summed E-state index contributed by atoms with van der Waals surface area (Å²) in [5.74, 6) is 0.191. The molecule has 1 aromatic heterocycles. The standard InChI is InChI=1S/C31H27N3OS/c1-22-18-19-27(23(2)20-22)32-28(35)21-36-31-33-29(24-12-6-3-7-13-24)30(25-14-8-4-9-15-25)34(31)26-16-10-5-11-17-26/h3-20H,21H2,1-2H3,(H,32,35). The molecule has 0 aliphatic heterocycles. The number of anilines is 1. The van der Waals surface area contributed by atoms with Gasteiger partial charge in [-0.2, -0.15) is 0 Å². The second-order valence-corrected chi connectivity index (χ2v) is 9.59. The van der Waals surface area contributed by atoms with Crippen LogP contribution in [-0.4, -0.2) is 21.2 Å². The Morgan fingerprint density at radius 1 is 0.806 bits per heavy atom. The number of rotatable bonds is 7. The number of para-hydroxylation sites is 1. The van der Waals surface area contributed by atoms with E-state index in [9.17, 15) is 4.79 Å². The molecule has 4 aromatic carbocycles. The van der Waals surface area contributed by atoms with E-state index in [0.717, 1.165) is 44.6 Å². The number of aromatic nitrogens is 2. The summed E-state index contributed by atoms with van der Waals surface area (Å²) in [5.41, 5.74) is 8.07. The average molecular weight is 490 g/mol. The largest absolute Gasteiger partial charge is 0.325 e. The third-order valence-electron chi connectivity index (χ3n) is 5.94. The van der Waals surface area contributed by atoms with Crippen molar-refractivity contribution in [2.75, 3.05) is 11.1 Å². The van der Waals surface area contributed by atoms with Gasteiger partial charge in [-0.3, -0.25) is 9.36 Å². The normalized spacial score (nSPS) is 10.8. The highest BCUT2D eigenvalue weighted by atomic mass is 32.2.